The van der Waals surface area contributed by atoms with E-state index in [9.17, 15) is 9.90 Å². The average molecular weight is 319 g/mol. The van der Waals surface area contributed by atoms with Gasteiger partial charge in [-0.15, -0.1) is 0 Å². The van der Waals surface area contributed by atoms with Crippen LogP contribution in [-0.4, -0.2) is 48.3 Å². The fourth-order valence-electron chi connectivity index (χ4n) is 2.79. The van der Waals surface area contributed by atoms with Gasteiger partial charge in [0.1, 0.15) is 0 Å². The molecule has 1 aliphatic carbocycles. The third kappa shape index (κ3) is 4.86. The number of urea groups is 1. The summed E-state index contributed by atoms with van der Waals surface area (Å²) in [5, 5.41) is 12.8. The summed E-state index contributed by atoms with van der Waals surface area (Å²) >= 11 is 0. The number of likely N-dealkylation sites (N-methyl/N-ethyl adjacent to an activating group) is 1. The molecule has 0 heterocycles. The van der Waals surface area contributed by atoms with Crippen molar-refractivity contribution in [1.82, 2.24) is 4.90 Å². The second kappa shape index (κ2) is 7.68. The monoisotopic (exact) mass is 319 g/mol. The van der Waals surface area contributed by atoms with Crippen LogP contribution in [0.2, 0.25) is 0 Å². The Bertz CT molecular complexity index is 512. The molecule has 1 aromatic rings. The largest absolute Gasteiger partial charge is 0.391 e. The molecule has 2 amide bonds. The van der Waals surface area contributed by atoms with Gasteiger partial charge in [-0.2, -0.15) is 0 Å². The SMILES string of the molecule is CCN(c1ccc(NC(=O)N(C)CC(O)C2CC2)cc1)C(C)C. The van der Waals surface area contributed by atoms with Gasteiger partial charge in [0, 0.05) is 37.6 Å². The maximum absolute atomic E-state index is 12.2. The van der Waals surface area contributed by atoms with Gasteiger partial charge >= 0.3 is 6.03 Å². The van der Waals surface area contributed by atoms with E-state index in [2.05, 4.69) is 31.0 Å². The van der Waals surface area contributed by atoms with Gasteiger partial charge in [-0.05, 0) is 63.8 Å². The number of carbonyl (C=O) groups excluding carboxylic acids is 1. The molecule has 0 aliphatic heterocycles. The van der Waals surface area contributed by atoms with Crippen LogP contribution < -0.4 is 10.2 Å². The molecular weight excluding hydrogens is 290 g/mol. The molecule has 1 fully saturated rings. The second-order valence-corrected chi connectivity index (χ2v) is 6.64. The van der Waals surface area contributed by atoms with Gasteiger partial charge in [-0.25, -0.2) is 4.79 Å². The summed E-state index contributed by atoms with van der Waals surface area (Å²) in [5.74, 6) is 0.376. The molecule has 1 aromatic carbocycles. The lowest BCUT2D eigenvalue weighted by Gasteiger charge is -2.27. The summed E-state index contributed by atoms with van der Waals surface area (Å²) < 4.78 is 0. The average Bonchev–Trinajstić information content (AvgIpc) is 3.34. The summed E-state index contributed by atoms with van der Waals surface area (Å²) in [6.07, 6.45) is 1.74. The lowest BCUT2D eigenvalue weighted by Crippen LogP contribution is -2.38. The van der Waals surface area contributed by atoms with Crippen LogP contribution in [0.5, 0.6) is 0 Å². The van der Waals surface area contributed by atoms with Gasteiger partial charge in [0.25, 0.3) is 0 Å². The topological polar surface area (TPSA) is 55.8 Å². The number of anilines is 2. The summed E-state index contributed by atoms with van der Waals surface area (Å²) in [5.41, 5.74) is 1.92. The highest BCUT2D eigenvalue weighted by Gasteiger charge is 2.31. The van der Waals surface area contributed by atoms with Gasteiger partial charge in [0.15, 0.2) is 0 Å². The van der Waals surface area contributed by atoms with Crippen molar-refractivity contribution < 1.29 is 9.90 Å². The quantitative estimate of drug-likeness (QED) is 0.812. The number of hydrogen-bond donors (Lipinski definition) is 2. The molecule has 1 saturated carbocycles. The molecule has 1 unspecified atom stereocenters. The fourth-order valence-corrected chi connectivity index (χ4v) is 2.79. The number of aliphatic hydroxyl groups is 1. The molecule has 2 rings (SSSR count). The first-order valence-corrected chi connectivity index (χ1v) is 8.49. The van der Waals surface area contributed by atoms with E-state index in [1.165, 1.54) is 0 Å². The van der Waals surface area contributed by atoms with Crippen molar-refractivity contribution >= 4 is 17.4 Å². The Morgan fingerprint density at radius 1 is 1.30 bits per heavy atom. The minimum Gasteiger partial charge on any atom is -0.391 e. The van der Waals surface area contributed by atoms with Crippen LogP contribution in [0.3, 0.4) is 0 Å². The third-order valence-electron chi connectivity index (χ3n) is 4.39. The maximum Gasteiger partial charge on any atom is 0.321 e. The normalized spacial score (nSPS) is 15.4. The zero-order valence-electron chi connectivity index (χ0n) is 14.6. The summed E-state index contributed by atoms with van der Waals surface area (Å²) in [4.78, 5) is 16.0. The van der Waals surface area contributed by atoms with Crippen molar-refractivity contribution in [1.29, 1.82) is 0 Å². The summed E-state index contributed by atoms with van der Waals surface area (Å²) in [6.45, 7) is 7.80. The number of amides is 2. The lowest BCUT2D eigenvalue weighted by atomic mass is 10.2. The van der Waals surface area contributed by atoms with Gasteiger partial charge in [-0.1, -0.05) is 0 Å². The molecule has 0 spiro atoms. The standard InChI is InChI=1S/C18H29N3O2/c1-5-21(13(2)3)16-10-8-15(9-11-16)19-18(23)20(4)12-17(22)14-6-7-14/h8-11,13-14,17,22H,5-7,12H2,1-4H3,(H,19,23). The fraction of sp³-hybridized carbons (Fsp3) is 0.611. The molecule has 5 nitrogen and oxygen atoms in total. The lowest BCUT2D eigenvalue weighted by molar-refractivity contribution is 0.117. The van der Waals surface area contributed by atoms with Crippen LogP contribution in [0, 0.1) is 5.92 Å². The van der Waals surface area contributed by atoms with Crippen molar-refractivity contribution in [2.24, 2.45) is 5.92 Å². The number of aliphatic hydroxyl groups excluding tert-OH is 1. The highest BCUT2D eigenvalue weighted by molar-refractivity contribution is 5.89. The van der Waals surface area contributed by atoms with E-state index in [-0.39, 0.29) is 6.03 Å². The van der Waals surface area contributed by atoms with E-state index in [1.807, 2.05) is 24.3 Å². The first kappa shape index (κ1) is 17.6. The molecule has 128 valence electrons. The zero-order chi connectivity index (χ0) is 17.0. The van der Waals surface area contributed by atoms with Gasteiger partial charge in [0.05, 0.1) is 6.10 Å². The van der Waals surface area contributed by atoms with Crippen molar-refractivity contribution in [2.45, 2.75) is 45.8 Å². The molecule has 2 N–H and O–H groups in total. The van der Waals surface area contributed by atoms with E-state index < -0.39 is 6.10 Å². The van der Waals surface area contributed by atoms with E-state index in [0.717, 1.165) is 30.8 Å². The maximum atomic E-state index is 12.2. The highest BCUT2D eigenvalue weighted by atomic mass is 16.3. The number of nitrogens with one attached hydrogen (secondary N) is 1. The van der Waals surface area contributed by atoms with Crippen LogP contribution in [0.15, 0.2) is 24.3 Å². The van der Waals surface area contributed by atoms with Gasteiger partial charge in [-0.3, -0.25) is 0 Å². The van der Waals surface area contributed by atoms with Crippen molar-refractivity contribution in [3.8, 4) is 0 Å². The Hall–Kier alpha value is -1.75. The van der Waals surface area contributed by atoms with E-state index >= 15 is 0 Å². The molecule has 23 heavy (non-hydrogen) atoms. The van der Waals surface area contributed by atoms with Crippen LogP contribution in [0.25, 0.3) is 0 Å². The Morgan fingerprint density at radius 3 is 2.39 bits per heavy atom. The van der Waals surface area contributed by atoms with Crippen LogP contribution in [0.1, 0.15) is 33.6 Å². The first-order valence-electron chi connectivity index (χ1n) is 8.49. The van der Waals surface area contributed by atoms with Gasteiger partial charge < -0.3 is 20.2 Å². The number of carbonyl (C=O) groups is 1. The zero-order valence-corrected chi connectivity index (χ0v) is 14.6. The van der Waals surface area contributed by atoms with Crippen LogP contribution in [-0.2, 0) is 0 Å². The minimum absolute atomic E-state index is 0.186. The van der Waals surface area contributed by atoms with Crippen LogP contribution >= 0.6 is 0 Å². The number of rotatable bonds is 7. The van der Waals surface area contributed by atoms with Crippen molar-refractivity contribution in [3.63, 3.8) is 0 Å². The van der Waals surface area contributed by atoms with Crippen molar-refractivity contribution in [3.05, 3.63) is 24.3 Å². The minimum atomic E-state index is -0.405. The number of benzene rings is 1. The van der Waals surface area contributed by atoms with E-state index in [4.69, 9.17) is 0 Å². The number of nitrogens with zero attached hydrogens (tertiary/aromatic N) is 2. The molecule has 5 heteroatoms. The molecule has 0 radical (unpaired) electrons. The van der Waals surface area contributed by atoms with Gasteiger partial charge in [0.2, 0.25) is 0 Å². The molecule has 1 atom stereocenters. The molecular formula is C18H29N3O2. The molecule has 0 saturated heterocycles. The Labute approximate surface area is 139 Å². The summed E-state index contributed by atoms with van der Waals surface area (Å²) in [6, 6.07) is 8.15. The highest BCUT2D eigenvalue weighted by Crippen LogP contribution is 2.32. The smallest absolute Gasteiger partial charge is 0.321 e. The molecule has 0 bridgehead atoms. The second-order valence-electron chi connectivity index (χ2n) is 6.64. The van der Waals surface area contributed by atoms with E-state index in [1.54, 1.807) is 11.9 Å². The first-order chi connectivity index (χ1) is 10.9. The van der Waals surface area contributed by atoms with E-state index in [0.29, 0.717) is 18.5 Å². The molecule has 1 aliphatic rings. The Morgan fingerprint density at radius 2 is 1.91 bits per heavy atom. The predicted molar refractivity (Wildman–Crippen MR) is 95.0 cm³/mol. The Balaban J connectivity index is 1.90. The van der Waals surface area contributed by atoms with Crippen LogP contribution in [0.4, 0.5) is 16.2 Å². The summed E-state index contributed by atoms with van der Waals surface area (Å²) in [7, 11) is 1.72. The molecule has 0 aromatic heterocycles. The third-order valence-corrected chi connectivity index (χ3v) is 4.39. The Kier molecular flexibility index (Phi) is 5.88. The predicted octanol–water partition coefficient (Wildman–Crippen LogP) is 3.16. The van der Waals surface area contributed by atoms with Crippen molar-refractivity contribution in [2.75, 3.05) is 30.4 Å². The number of hydrogen-bond acceptors (Lipinski definition) is 3.